The second-order valence-electron chi connectivity index (χ2n) is 6.00. The Morgan fingerprint density at radius 2 is 1.97 bits per heavy atom. The van der Waals surface area contributed by atoms with Crippen LogP contribution in [0.1, 0.15) is 5.56 Å². The molecule has 3 N–H and O–H groups in total. The highest BCUT2D eigenvalue weighted by Gasteiger charge is 2.39. The topological polar surface area (TPSA) is 114 Å². The van der Waals surface area contributed by atoms with Crippen LogP contribution >= 0.6 is 0 Å². The fourth-order valence-electron chi connectivity index (χ4n) is 2.65. The van der Waals surface area contributed by atoms with Gasteiger partial charge in [-0.15, -0.1) is 0 Å². The predicted octanol–water partition coefficient (Wildman–Crippen LogP) is 1.21. The van der Waals surface area contributed by atoms with Crippen LogP contribution in [0.5, 0.6) is 5.75 Å². The van der Waals surface area contributed by atoms with E-state index in [0.717, 1.165) is 12.1 Å². The van der Waals surface area contributed by atoms with Gasteiger partial charge in [-0.3, -0.25) is 9.52 Å². The van der Waals surface area contributed by atoms with E-state index in [0.29, 0.717) is 11.0 Å². The van der Waals surface area contributed by atoms with Crippen molar-refractivity contribution in [1.29, 1.82) is 0 Å². The molecule has 2 aromatic rings. The van der Waals surface area contributed by atoms with E-state index in [-0.39, 0.29) is 18.0 Å². The number of hydrogen-bond donors (Lipinski definition) is 3. The highest BCUT2D eigenvalue weighted by Crippen LogP contribution is 2.30. The molecule has 0 spiro atoms. The average Bonchev–Trinajstić information content (AvgIpc) is 3.01. The second-order valence-corrected chi connectivity index (χ2v) is 7.65. The van der Waals surface area contributed by atoms with Crippen molar-refractivity contribution in [1.82, 2.24) is 0 Å². The van der Waals surface area contributed by atoms with Gasteiger partial charge in [-0.25, -0.2) is 8.42 Å². The van der Waals surface area contributed by atoms with Crippen molar-refractivity contribution in [3.05, 3.63) is 42.0 Å². The molecule has 13 heteroatoms. The molecule has 2 aromatic carbocycles. The lowest BCUT2D eigenvalue weighted by Gasteiger charge is -2.15. The Morgan fingerprint density at radius 1 is 1.24 bits per heavy atom. The van der Waals surface area contributed by atoms with Crippen molar-refractivity contribution in [3.8, 4) is 5.75 Å². The number of fused-ring (bicyclic) bond motifs is 1. The molecule has 0 bridgehead atoms. The summed E-state index contributed by atoms with van der Waals surface area (Å²) in [6.45, 7) is 0.162. The zero-order valence-corrected chi connectivity index (χ0v) is 15.6. The predicted molar refractivity (Wildman–Crippen MR) is 97.3 cm³/mol. The smallest absolute Gasteiger partial charge is 0.491 e. The van der Waals surface area contributed by atoms with Gasteiger partial charge >= 0.3 is 19.2 Å². The third kappa shape index (κ3) is 4.47. The van der Waals surface area contributed by atoms with Crippen molar-refractivity contribution in [2.45, 2.75) is 17.7 Å². The highest BCUT2D eigenvalue weighted by atomic mass is 32.2. The minimum atomic E-state index is -5.21. The first-order valence-corrected chi connectivity index (χ1v) is 9.51. The van der Waals surface area contributed by atoms with E-state index in [1.807, 2.05) is 0 Å². The Hall–Kier alpha value is -2.77. The van der Waals surface area contributed by atoms with E-state index in [1.165, 1.54) is 25.3 Å². The number of hydrogen-bond acceptors (Lipinski definition) is 6. The van der Waals surface area contributed by atoms with Crippen LogP contribution in [-0.2, 0) is 26.1 Å². The molecule has 1 aliphatic rings. The summed E-state index contributed by atoms with van der Waals surface area (Å²) in [7, 11) is -4.38. The number of methoxy groups -OCH3 is 1. The van der Waals surface area contributed by atoms with Crippen molar-refractivity contribution in [3.63, 3.8) is 0 Å². The van der Waals surface area contributed by atoms with Crippen LogP contribution in [0.2, 0.25) is 0 Å². The molecule has 1 heterocycles. The fourth-order valence-corrected chi connectivity index (χ4v) is 3.84. The summed E-state index contributed by atoms with van der Waals surface area (Å²) in [6.07, 6.45) is -5.21. The maximum atomic E-state index is 12.8. The van der Waals surface area contributed by atoms with E-state index in [4.69, 9.17) is 9.39 Å². The van der Waals surface area contributed by atoms with Crippen LogP contribution in [0.15, 0.2) is 41.3 Å². The van der Waals surface area contributed by atoms with Crippen molar-refractivity contribution in [2.24, 2.45) is 0 Å². The maximum absolute atomic E-state index is 12.8. The van der Waals surface area contributed by atoms with E-state index in [9.17, 15) is 31.4 Å². The summed E-state index contributed by atoms with van der Waals surface area (Å²) in [5, 5.41) is 11.3. The minimum absolute atomic E-state index is 0.0410. The van der Waals surface area contributed by atoms with Crippen molar-refractivity contribution < 1.29 is 40.8 Å². The Morgan fingerprint density at radius 3 is 2.62 bits per heavy atom. The lowest BCUT2D eigenvalue weighted by Crippen LogP contribution is -2.31. The molecular formula is C16H14BF3N2O6S. The number of sulfonamides is 1. The summed E-state index contributed by atoms with van der Waals surface area (Å²) < 4.78 is 75.5. The number of amides is 1. The summed E-state index contributed by atoms with van der Waals surface area (Å²) >= 11 is 0. The average molecular weight is 430 g/mol. The molecule has 3 rings (SSSR count). The van der Waals surface area contributed by atoms with Crippen LogP contribution in [0.3, 0.4) is 0 Å². The Bertz CT molecular complexity index is 1060. The van der Waals surface area contributed by atoms with Gasteiger partial charge in [0, 0.05) is 11.8 Å². The third-order valence-corrected chi connectivity index (χ3v) is 5.48. The van der Waals surface area contributed by atoms with Crippen molar-refractivity contribution in [2.75, 3.05) is 17.1 Å². The summed E-state index contributed by atoms with van der Waals surface area (Å²) in [5.74, 6) is -2.29. The molecule has 0 unspecified atom stereocenters. The Kier molecular flexibility index (Phi) is 5.47. The normalized spacial score (nSPS) is 13.8. The monoisotopic (exact) mass is 430 g/mol. The highest BCUT2D eigenvalue weighted by molar-refractivity contribution is 7.92. The first kappa shape index (κ1) is 21.0. The SMILES string of the molecule is COc1ccc(S(=O)(=O)Nc2ccc3c(c2)B(O)OC3)c(NC(=O)C(F)(F)F)c1. The van der Waals surface area contributed by atoms with Crippen molar-refractivity contribution >= 4 is 39.9 Å². The van der Waals surface area contributed by atoms with Crippen LogP contribution in [0, 0.1) is 0 Å². The van der Waals surface area contributed by atoms with E-state index >= 15 is 0 Å². The molecule has 0 atom stereocenters. The first-order valence-electron chi connectivity index (χ1n) is 8.03. The second kappa shape index (κ2) is 7.57. The molecule has 0 saturated heterocycles. The van der Waals surface area contributed by atoms with Gasteiger partial charge < -0.3 is 19.7 Å². The number of rotatable bonds is 5. The van der Waals surface area contributed by atoms with Gasteiger partial charge in [-0.1, -0.05) is 6.07 Å². The summed E-state index contributed by atoms with van der Waals surface area (Å²) in [5.41, 5.74) is 0.481. The van der Waals surface area contributed by atoms with Crippen LogP contribution in [0.25, 0.3) is 0 Å². The molecule has 8 nitrogen and oxygen atoms in total. The molecule has 0 radical (unpaired) electrons. The number of benzene rings is 2. The summed E-state index contributed by atoms with van der Waals surface area (Å²) in [6, 6.07) is 7.48. The van der Waals surface area contributed by atoms with Gasteiger partial charge in [0.15, 0.2) is 0 Å². The number of carbonyl (C=O) groups excluding carboxylic acids is 1. The maximum Gasteiger partial charge on any atom is 0.491 e. The quantitative estimate of drug-likeness (QED) is 0.615. The van der Waals surface area contributed by atoms with Crippen LogP contribution in [0.4, 0.5) is 24.5 Å². The molecule has 0 saturated carbocycles. The number of halogens is 3. The zero-order valence-electron chi connectivity index (χ0n) is 14.8. The van der Waals surface area contributed by atoms with E-state index < -0.39 is 39.8 Å². The molecular weight excluding hydrogens is 416 g/mol. The van der Waals surface area contributed by atoms with Gasteiger partial charge in [-0.05, 0) is 35.3 Å². The molecule has 154 valence electrons. The molecule has 29 heavy (non-hydrogen) atoms. The van der Waals surface area contributed by atoms with E-state index in [2.05, 4.69) is 4.72 Å². The Balaban J connectivity index is 1.96. The minimum Gasteiger partial charge on any atom is -0.497 e. The Labute approximate surface area is 163 Å². The molecule has 1 aliphatic heterocycles. The lowest BCUT2D eigenvalue weighted by molar-refractivity contribution is -0.167. The van der Waals surface area contributed by atoms with Gasteiger partial charge in [-0.2, -0.15) is 13.2 Å². The largest absolute Gasteiger partial charge is 0.497 e. The number of ether oxygens (including phenoxy) is 1. The standard InChI is InChI=1S/C16H14BF3N2O6S/c1-27-11-4-5-14(13(7-11)21-15(23)16(18,19)20)29(25,26)22-10-3-2-9-8-28-17(24)12(9)6-10/h2-7,22,24H,8H2,1H3,(H,21,23). The number of nitrogens with one attached hydrogen (secondary N) is 2. The number of carbonyl (C=O) groups is 1. The van der Waals surface area contributed by atoms with Gasteiger partial charge in [0.05, 0.1) is 19.4 Å². The summed E-state index contributed by atoms with van der Waals surface area (Å²) in [4.78, 5) is 10.7. The number of alkyl halides is 3. The molecule has 0 fully saturated rings. The van der Waals surface area contributed by atoms with Crippen LogP contribution < -0.4 is 20.2 Å². The zero-order chi connectivity index (χ0) is 21.4. The van der Waals surface area contributed by atoms with E-state index in [1.54, 1.807) is 11.4 Å². The van der Waals surface area contributed by atoms with Crippen LogP contribution in [-0.4, -0.2) is 39.8 Å². The van der Waals surface area contributed by atoms with Gasteiger partial charge in [0.1, 0.15) is 10.6 Å². The fraction of sp³-hybridized carbons (Fsp3) is 0.188. The molecule has 1 amide bonds. The first-order chi connectivity index (χ1) is 13.5. The lowest BCUT2D eigenvalue weighted by atomic mass is 9.79. The third-order valence-electron chi connectivity index (χ3n) is 4.04. The van der Waals surface area contributed by atoms with Gasteiger partial charge in [0.2, 0.25) is 0 Å². The number of anilines is 2. The molecule has 0 aliphatic carbocycles. The van der Waals surface area contributed by atoms with Gasteiger partial charge in [0.25, 0.3) is 10.0 Å². The molecule has 0 aromatic heterocycles.